The van der Waals surface area contributed by atoms with Crippen molar-refractivity contribution in [3.05, 3.63) is 35.9 Å². The molecule has 0 aliphatic heterocycles. The van der Waals surface area contributed by atoms with E-state index in [9.17, 15) is 8.42 Å². The molecule has 0 aliphatic carbocycles. The summed E-state index contributed by atoms with van der Waals surface area (Å²) in [5.41, 5.74) is 0.733. The van der Waals surface area contributed by atoms with Crippen LogP contribution in [-0.2, 0) is 10.0 Å². The Balaban J connectivity index is 2.06. The average Bonchev–Trinajstić information content (AvgIpc) is 2.56. The van der Waals surface area contributed by atoms with Gasteiger partial charge in [-0.15, -0.1) is 10.2 Å². The zero-order chi connectivity index (χ0) is 18.4. The van der Waals surface area contributed by atoms with Crippen molar-refractivity contribution in [1.29, 1.82) is 0 Å². The maximum Gasteiger partial charge on any atom is 0.263 e. The van der Waals surface area contributed by atoms with Gasteiger partial charge in [0.15, 0.2) is 5.82 Å². The van der Waals surface area contributed by atoms with Crippen molar-refractivity contribution in [3.8, 4) is 5.75 Å². The number of nitrogens with zero attached hydrogens (tertiary/aromatic N) is 3. The molecular weight excluding hydrogens is 342 g/mol. The van der Waals surface area contributed by atoms with Crippen molar-refractivity contribution >= 4 is 21.7 Å². The minimum Gasteiger partial charge on any atom is -0.496 e. The second-order valence-electron chi connectivity index (χ2n) is 5.77. The minimum absolute atomic E-state index is 0.140. The van der Waals surface area contributed by atoms with E-state index in [-0.39, 0.29) is 10.7 Å². The molecule has 0 bridgehead atoms. The van der Waals surface area contributed by atoms with Crippen LogP contribution in [0.2, 0.25) is 0 Å². The normalized spacial score (nSPS) is 11.4. The Labute approximate surface area is 148 Å². The number of hydrogen-bond acceptors (Lipinski definition) is 7. The molecule has 0 atom stereocenters. The van der Waals surface area contributed by atoms with Gasteiger partial charge in [-0.1, -0.05) is 0 Å². The molecule has 8 nitrogen and oxygen atoms in total. The zero-order valence-corrected chi connectivity index (χ0v) is 15.6. The molecule has 2 rings (SSSR count). The van der Waals surface area contributed by atoms with Gasteiger partial charge in [-0.2, -0.15) is 0 Å². The third-order valence-corrected chi connectivity index (χ3v) is 4.80. The molecule has 0 saturated carbocycles. The number of aromatic nitrogens is 2. The van der Waals surface area contributed by atoms with Crippen molar-refractivity contribution in [2.45, 2.75) is 11.8 Å². The van der Waals surface area contributed by atoms with Crippen LogP contribution < -0.4 is 14.8 Å². The molecule has 0 unspecified atom stereocenters. The molecule has 0 aliphatic rings. The van der Waals surface area contributed by atoms with E-state index >= 15 is 0 Å². The van der Waals surface area contributed by atoms with Crippen LogP contribution in [0.3, 0.4) is 0 Å². The number of rotatable bonds is 8. The van der Waals surface area contributed by atoms with Gasteiger partial charge in [0.2, 0.25) is 0 Å². The van der Waals surface area contributed by atoms with E-state index in [1.807, 2.05) is 19.0 Å². The fourth-order valence-corrected chi connectivity index (χ4v) is 3.18. The maximum absolute atomic E-state index is 12.4. The van der Waals surface area contributed by atoms with Crippen LogP contribution in [0.5, 0.6) is 5.75 Å². The Morgan fingerprint density at radius 2 is 1.80 bits per heavy atom. The molecule has 2 aromatic rings. The average molecular weight is 365 g/mol. The van der Waals surface area contributed by atoms with E-state index in [4.69, 9.17) is 4.74 Å². The third kappa shape index (κ3) is 5.30. The predicted molar refractivity (Wildman–Crippen MR) is 97.6 cm³/mol. The summed E-state index contributed by atoms with van der Waals surface area (Å²) in [6.07, 6.45) is 0. The summed E-state index contributed by atoms with van der Waals surface area (Å²) in [4.78, 5) is 2.18. The first kappa shape index (κ1) is 18.9. The number of benzene rings is 1. The Bertz CT molecular complexity index is 807. The second kappa shape index (κ2) is 8.13. The highest BCUT2D eigenvalue weighted by atomic mass is 32.2. The number of nitrogens with one attached hydrogen (secondary N) is 2. The molecule has 0 saturated heterocycles. The van der Waals surface area contributed by atoms with Crippen LogP contribution in [0, 0.1) is 6.92 Å². The van der Waals surface area contributed by atoms with Gasteiger partial charge in [-0.05, 0) is 56.9 Å². The highest BCUT2D eigenvalue weighted by Gasteiger charge is 2.16. The molecule has 1 heterocycles. The van der Waals surface area contributed by atoms with Gasteiger partial charge in [0, 0.05) is 13.1 Å². The van der Waals surface area contributed by atoms with E-state index in [0.717, 1.165) is 18.7 Å². The van der Waals surface area contributed by atoms with Gasteiger partial charge in [0.1, 0.15) is 11.6 Å². The fraction of sp³-hybridized carbons (Fsp3) is 0.375. The SMILES string of the molecule is COc1ccc(S(=O)(=O)Nc2ccc(NCCN(C)C)nn2)cc1C. The van der Waals surface area contributed by atoms with E-state index in [1.165, 1.54) is 6.07 Å². The van der Waals surface area contributed by atoms with Gasteiger partial charge in [0.05, 0.1) is 12.0 Å². The number of anilines is 2. The molecule has 0 amide bonds. The van der Waals surface area contributed by atoms with Crippen molar-refractivity contribution < 1.29 is 13.2 Å². The molecule has 1 aromatic carbocycles. The fourth-order valence-electron chi connectivity index (χ4n) is 2.10. The molecule has 2 N–H and O–H groups in total. The summed E-state index contributed by atoms with van der Waals surface area (Å²) < 4.78 is 32.5. The first-order valence-corrected chi connectivity index (χ1v) is 9.20. The summed E-state index contributed by atoms with van der Waals surface area (Å²) in [6.45, 7) is 3.36. The van der Waals surface area contributed by atoms with Gasteiger partial charge >= 0.3 is 0 Å². The summed E-state index contributed by atoms with van der Waals surface area (Å²) in [6, 6.07) is 7.90. The van der Waals surface area contributed by atoms with Crippen LogP contribution in [0.15, 0.2) is 35.2 Å². The van der Waals surface area contributed by atoms with Crippen LogP contribution in [0.4, 0.5) is 11.6 Å². The van der Waals surface area contributed by atoms with E-state index in [1.54, 1.807) is 38.3 Å². The highest BCUT2D eigenvalue weighted by Crippen LogP contribution is 2.22. The predicted octanol–water partition coefficient (Wildman–Crippen LogP) is 1.57. The first-order valence-electron chi connectivity index (χ1n) is 7.71. The lowest BCUT2D eigenvalue weighted by atomic mass is 10.2. The third-order valence-electron chi connectivity index (χ3n) is 3.45. The number of methoxy groups -OCH3 is 1. The van der Waals surface area contributed by atoms with Crippen molar-refractivity contribution in [1.82, 2.24) is 15.1 Å². The van der Waals surface area contributed by atoms with Crippen molar-refractivity contribution in [2.24, 2.45) is 0 Å². The van der Waals surface area contributed by atoms with Gasteiger partial charge in [-0.25, -0.2) is 8.42 Å². The largest absolute Gasteiger partial charge is 0.496 e. The van der Waals surface area contributed by atoms with Crippen LogP contribution >= 0.6 is 0 Å². The van der Waals surface area contributed by atoms with Gasteiger partial charge in [0.25, 0.3) is 10.0 Å². The monoisotopic (exact) mass is 365 g/mol. The smallest absolute Gasteiger partial charge is 0.263 e. The Morgan fingerprint density at radius 3 is 2.36 bits per heavy atom. The van der Waals surface area contributed by atoms with E-state index in [2.05, 4.69) is 20.2 Å². The number of ether oxygens (including phenoxy) is 1. The van der Waals surface area contributed by atoms with Crippen LogP contribution in [-0.4, -0.2) is 57.8 Å². The zero-order valence-electron chi connectivity index (χ0n) is 14.8. The Hall–Kier alpha value is -2.39. The number of sulfonamides is 1. The van der Waals surface area contributed by atoms with Crippen molar-refractivity contribution in [3.63, 3.8) is 0 Å². The second-order valence-corrected chi connectivity index (χ2v) is 7.45. The Kier molecular flexibility index (Phi) is 6.16. The molecule has 136 valence electrons. The first-order chi connectivity index (χ1) is 11.8. The molecule has 9 heteroatoms. The van der Waals surface area contributed by atoms with Crippen LogP contribution in [0.1, 0.15) is 5.56 Å². The summed E-state index contributed by atoms with van der Waals surface area (Å²) >= 11 is 0. The molecule has 0 radical (unpaired) electrons. The molecule has 0 fully saturated rings. The molecule has 1 aromatic heterocycles. The Morgan fingerprint density at radius 1 is 1.12 bits per heavy atom. The molecule has 0 spiro atoms. The van der Waals surface area contributed by atoms with Crippen molar-refractivity contribution in [2.75, 3.05) is 44.3 Å². The standard InChI is InChI=1S/C16H23N5O3S/c1-12-11-13(5-6-14(12)24-4)25(22,23)20-16-8-7-15(18-19-16)17-9-10-21(2)3/h5-8,11H,9-10H2,1-4H3,(H,17,18)(H,19,20). The summed E-state index contributed by atoms with van der Waals surface area (Å²) in [5, 5.41) is 11.0. The number of aryl methyl sites for hydroxylation is 1. The molecular formula is C16H23N5O3S. The quantitative estimate of drug-likeness (QED) is 0.733. The lowest BCUT2D eigenvalue weighted by Crippen LogP contribution is -2.21. The van der Waals surface area contributed by atoms with Crippen LogP contribution in [0.25, 0.3) is 0 Å². The lowest BCUT2D eigenvalue weighted by Gasteiger charge is -2.11. The minimum atomic E-state index is -3.74. The van der Waals surface area contributed by atoms with Gasteiger partial charge in [-0.3, -0.25) is 4.72 Å². The summed E-state index contributed by atoms with van der Waals surface area (Å²) in [7, 11) is 1.76. The van der Waals surface area contributed by atoms with E-state index in [0.29, 0.717) is 11.6 Å². The van der Waals surface area contributed by atoms with Gasteiger partial charge < -0.3 is 15.0 Å². The maximum atomic E-state index is 12.4. The topological polar surface area (TPSA) is 96.5 Å². The summed E-state index contributed by atoms with van der Waals surface area (Å²) in [5.74, 6) is 1.38. The number of likely N-dealkylation sites (N-methyl/N-ethyl adjacent to an activating group) is 1. The lowest BCUT2D eigenvalue weighted by molar-refractivity contribution is 0.411. The highest BCUT2D eigenvalue weighted by molar-refractivity contribution is 7.92. The van der Waals surface area contributed by atoms with E-state index < -0.39 is 10.0 Å². The molecule has 25 heavy (non-hydrogen) atoms. The number of hydrogen-bond donors (Lipinski definition) is 2.